The van der Waals surface area contributed by atoms with Gasteiger partial charge in [-0.25, -0.2) is 14.8 Å². The Kier molecular flexibility index (Phi) is 5.73. The lowest BCUT2D eigenvalue weighted by Gasteiger charge is -2.36. The van der Waals surface area contributed by atoms with Crippen molar-refractivity contribution in [3.63, 3.8) is 0 Å². The Hall–Kier alpha value is -1.89. The van der Waals surface area contributed by atoms with E-state index >= 15 is 0 Å². The van der Waals surface area contributed by atoms with Crippen LogP contribution in [-0.4, -0.2) is 32.0 Å². The van der Waals surface area contributed by atoms with E-state index in [9.17, 15) is 4.79 Å². The number of nitrogens with one attached hydrogen (secondary N) is 1. The molecule has 0 aliphatic carbocycles. The Morgan fingerprint density at radius 1 is 1.44 bits per heavy atom. The van der Waals surface area contributed by atoms with Crippen molar-refractivity contribution in [2.45, 2.75) is 65.1 Å². The quantitative estimate of drug-likeness (QED) is 0.873. The maximum Gasteiger partial charge on any atom is 0.318 e. The molecule has 3 heterocycles. The van der Waals surface area contributed by atoms with Crippen molar-refractivity contribution in [2.24, 2.45) is 0 Å². The summed E-state index contributed by atoms with van der Waals surface area (Å²) < 4.78 is 2.14. The van der Waals surface area contributed by atoms with Crippen LogP contribution in [-0.2, 0) is 6.54 Å². The van der Waals surface area contributed by atoms with E-state index in [1.54, 1.807) is 11.3 Å². The maximum absolute atomic E-state index is 13.0. The number of amides is 2. The molecule has 0 saturated carbocycles. The summed E-state index contributed by atoms with van der Waals surface area (Å²) in [4.78, 5) is 24.0. The van der Waals surface area contributed by atoms with Gasteiger partial charge in [-0.1, -0.05) is 6.92 Å². The van der Waals surface area contributed by atoms with Crippen LogP contribution < -0.4 is 5.32 Å². The first-order chi connectivity index (χ1) is 12.1. The van der Waals surface area contributed by atoms with E-state index < -0.39 is 0 Å². The van der Waals surface area contributed by atoms with Gasteiger partial charge in [0, 0.05) is 36.6 Å². The van der Waals surface area contributed by atoms with E-state index in [1.807, 2.05) is 29.6 Å². The van der Waals surface area contributed by atoms with Crippen LogP contribution in [0.15, 0.2) is 17.8 Å². The lowest BCUT2D eigenvalue weighted by molar-refractivity contribution is 0.142. The Balaban J connectivity index is 1.76. The number of imidazole rings is 1. The zero-order valence-electron chi connectivity index (χ0n) is 15.2. The molecule has 2 aromatic rings. The molecule has 7 heteroatoms. The average Bonchev–Trinajstić information content (AvgIpc) is 3.28. The second-order valence-corrected chi connectivity index (χ2v) is 7.40. The first kappa shape index (κ1) is 17.9. The average molecular weight is 362 g/mol. The molecule has 25 heavy (non-hydrogen) atoms. The molecule has 1 N–H and O–H groups in total. The summed E-state index contributed by atoms with van der Waals surface area (Å²) in [6.07, 6.45) is 7.81. The molecule has 0 radical (unpaired) electrons. The minimum Gasteiger partial charge on any atom is -0.333 e. The Morgan fingerprint density at radius 2 is 2.28 bits per heavy atom. The third-order valence-corrected chi connectivity index (χ3v) is 5.87. The number of carbonyl (C=O) groups is 1. The second-order valence-electron chi connectivity index (χ2n) is 6.51. The van der Waals surface area contributed by atoms with Gasteiger partial charge in [0.1, 0.15) is 10.8 Å². The minimum absolute atomic E-state index is 0.00458. The van der Waals surface area contributed by atoms with Gasteiger partial charge in [0.15, 0.2) is 0 Å². The summed E-state index contributed by atoms with van der Waals surface area (Å²) in [5.74, 6) is 0.996. The number of aromatic nitrogens is 3. The van der Waals surface area contributed by atoms with E-state index in [2.05, 4.69) is 33.7 Å². The van der Waals surface area contributed by atoms with E-state index in [-0.39, 0.29) is 18.1 Å². The molecule has 136 valence electrons. The van der Waals surface area contributed by atoms with Crippen molar-refractivity contribution in [3.05, 3.63) is 34.3 Å². The van der Waals surface area contributed by atoms with Crippen LogP contribution in [0.5, 0.6) is 0 Å². The van der Waals surface area contributed by atoms with Gasteiger partial charge in [-0.15, -0.1) is 11.3 Å². The molecule has 2 atom stereocenters. The van der Waals surface area contributed by atoms with Crippen LogP contribution in [0, 0.1) is 6.92 Å². The summed E-state index contributed by atoms with van der Waals surface area (Å²) in [7, 11) is 0. The summed E-state index contributed by atoms with van der Waals surface area (Å²) in [6, 6.07) is 0.0222. The summed E-state index contributed by atoms with van der Waals surface area (Å²) in [5.41, 5.74) is 1.01. The van der Waals surface area contributed by atoms with Crippen LogP contribution in [0.3, 0.4) is 0 Å². The van der Waals surface area contributed by atoms with Gasteiger partial charge in [-0.05, 0) is 39.5 Å². The van der Waals surface area contributed by atoms with E-state index in [0.29, 0.717) is 0 Å². The van der Waals surface area contributed by atoms with Crippen molar-refractivity contribution in [3.8, 4) is 0 Å². The summed E-state index contributed by atoms with van der Waals surface area (Å²) in [6.45, 7) is 7.83. The molecule has 0 aromatic carbocycles. The largest absolute Gasteiger partial charge is 0.333 e. The van der Waals surface area contributed by atoms with E-state index in [0.717, 1.165) is 55.3 Å². The second kappa shape index (κ2) is 7.99. The molecule has 1 aliphatic heterocycles. The lowest BCUT2D eigenvalue weighted by Crippen LogP contribution is -2.46. The number of urea groups is 1. The minimum atomic E-state index is -0.0281. The van der Waals surface area contributed by atoms with Gasteiger partial charge >= 0.3 is 6.03 Å². The zero-order chi connectivity index (χ0) is 17.8. The third-order valence-electron chi connectivity index (χ3n) is 4.79. The van der Waals surface area contributed by atoms with Crippen molar-refractivity contribution in [2.75, 3.05) is 6.54 Å². The van der Waals surface area contributed by atoms with Crippen molar-refractivity contribution in [1.29, 1.82) is 0 Å². The Morgan fingerprint density at radius 3 is 2.96 bits per heavy atom. The highest BCUT2D eigenvalue weighted by atomic mass is 32.1. The summed E-state index contributed by atoms with van der Waals surface area (Å²) in [5, 5.41) is 6.21. The highest BCUT2D eigenvalue weighted by molar-refractivity contribution is 7.09. The zero-order valence-corrected chi connectivity index (χ0v) is 16.1. The predicted octanol–water partition coefficient (Wildman–Crippen LogP) is 4.06. The van der Waals surface area contributed by atoms with Crippen molar-refractivity contribution in [1.82, 2.24) is 24.8 Å². The number of thiazole rings is 1. The number of piperidine rings is 1. The molecule has 2 aromatic heterocycles. The predicted molar refractivity (Wildman–Crippen MR) is 99.6 cm³/mol. The SMILES string of the molecule is CCC(NC(=O)N1CCCCC1c1nccn1CC)c1nc(C)cs1. The van der Waals surface area contributed by atoms with Gasteiger partial charge in [0.25, 0.3) is 0 Å². The van der Waals surface area contributed by atoms with Gasteiger partial charge in [0.05, 0.1) is 12.1 Å². The van der Waals surface area contributed by atoms with Gasteiger partial charge in [-0.2, -0.15) is 0 Å². The summed E-state index contributed by atoms with van der Waals surface area (Å²) >= 11 is 1.61. The topological polar surface area (TPSA) is 63.1 Å². The Labute approximate surface area is 153 Å². The molecule has 0 bridgehead atoms. The van der Waals surface area contributed by atoms with Crippen LogP contribution in [0.25, 0.3) is 0 Å². The number of hydrogen-bond acceptors (Lipinski definition) is 4. The Bertz CT molecular complexity index is 710. The highest BCUT2D eigenvalue weighted by Crippen LogP contribution is 2.31. The number of rotatable bonds is 5. The fourth-order valence-electron chi connectivity index (χ4n) is 3.43. The maximum atomic E-state index is 13.0. The standard InChI is InChI=1S/C18H27N5OS/c1-4-14(17-20-13(3)12-25-17)21-18(24)23-10-7-6-8-15(23)16-19-9-11-22(16)5-2/h9,11-12,14-15H,4-8,10H2,1-3H3,(H,21,24). The first-order valence-electron chi connectivity index (χ1n) is 9.14. The molecule has 2 amide bonds. The molecule has 1 fully saturated rings. The lowest BCUT2D eigenvalue weighted by atomic mass is 10.0. The van der Waals surface area contributed by atoms with Gasteiger partial charge in [0.2, 0.25) is 0 Å². The number of carbonyl (C=O) groups excluding carboxylic acids is 1. The van der Waals surface area contributed by atoms with Crippen LogP contribution in [0.2, 0.25) is 0 Å². The number of likely N-dealkylation sites (tertiary alicyclic amines) is 1. The fraction of sp³-hybridized carbons (Fsp3) is 0.611. The molecule has 1 aliphatic rings. The third kappa shape index (κ3) is 3.86. The molecule has 3 rings (SSSR count). The van der Waals surface area contributed by atoms with Crippen LogP contribution in [0.4, 0.5) is 4.79 Å². The monoisotopic (exact) mass is 361 g/mol. The molecule has 1 saturated heterocycles. The normalized spacial score (nSPS) is 19.0. The van der Waals surface area contributed by atoms with E-state index in [1.165, 1.54) is 0 Å². The smallest absolute Gasteiger partial charge is 0.318 e. The molecule has 0 spiro atoms. The van der Waals surface area contributed by atoms with Crippen LogP contribution >= 0.6 is 11.3 Å². The van der Waals surface area contributed by atoms with Crippen molar-refractivity contribution >= 4 is 17.4 Å². The highest BCUT2D eigenvalue weighted by Gasteiger charge is 2.32. The van der Waals surface area contributed by atoms with Crippen LogP contribution in [0.1, 0.15) is 68.1 Å². The van der Waals surface area contributed by atoms with Gasteiger partial charge in [-0.3, -0.25) is 0 Å². The van der Waals surface area contributed by atoms with Crippen molar-refractivity contribution < 1.29 is 4.79 Å². The number of aryl methyl sites for hydroxylation is 2. The van der Waals surface area contributed by atoms with Gasteiger partial charge < -0.3 is 14.8 Å². The van der Waals surface area contributed by atoms with E-state index in [4.69, 9.17) is 0 Å². The molecular formula is C18H27N5OS. The number of nitrogens with zero attached hydrogens (tertiary/aromatic N) is 4. The first-order valence-corrected chi connectivity index (χ1v) is 10.0. The fourth-order valence-corrected chi connectivity index (χ4v) is 4.36. The molecular weight excluding hydrogens is 334 g/mol. The number of hydrogen-bond donors (Lipinski definition) is 1. The molecule has 6 nitrogen and oxygen atoms in total. The molecule has 2 unspecified atom stereocenters.